The Morgan fingerprint density at radius 1 is 1.09 bits per heavy atom. The van der Waals surface area contributed by atoms with E-state index >= 15 is 0 Å². The summed E-state index contributed by atoms with van der Waals surface area (Å²) in [7, 11) is 0. The molecule has 0 amide bonds. The van der Waals surface area contributed by atoms with E-state index in [4.69, 9.17) is 23.2 Å². The normalized spacial score (nSPS) is 17.2. The van der Waals surface area contributed by atoms with Gasteiger partial charge in [0.25, 0.3) is 0 Å². The zero-order valence-corrected chi connectivity index (χ0v) is 12.6. The van der Waals surface area contributed by atoms with Crippen LogP contribution in [0.3, 0.4) is 0 Å². The van der Waals surface area contributed by atoms with Crippen LogP contribution < -0.4 is 4.90 Å². The van der Waals surface area contributed by atoms with E-state index in [1.807, 2.05) is 0 Å². The zero-order valence-electron chi connectivity index (χ0n) is 11.1. The van der Waals surface area contributed by atoms with Gasteiger partial charge in [-0.05, 0) is 24.4 Å². The lowest BCUT2D eigenvalue weighted by Crippen LogP contribution is -2.39. The topological polar surface area (TPSA) is 54.8 Å². The van der Waals surface area contributed by atoms with E-state index in [0.717, 1.165) is 0 Å². The van der Waals surface area contributed by atoms with Gasteiger partial charge in [-0.25, -0.2) is 9.97 Å². The standard InChI is InChI=1S/C12H10Cl2F3N5/c13-7-5-18-8-9(19-7)20-11(14)21-10(8)22-3-1-6(2-4-22)12(15,16)17/h5-6H,1-4H2. The summed E-state index contributed by atoms with van der Waals surface area (Å²) in [5, 5.41) is 0.112. The number of fused-ring (bicyclic) bond motifs is 1. The molecule has 5 nitrogen and oxygen atoms in total. The Kier molecular flexibility index (Phi) is 3.98. The quantitative estimate of drug-likeness (QED) is 0.736. The first-order valence-electron chi connectivity index (χ1n) is 6.52. The van der Waals surface area contributed by atoms with E-state index < -0.39 is 12.1 Å². The molecular weight excluding hydrogens is 342 g/mol. The first kappa shape index (κ1) is 15.5. The van der Waals surface area contributed by atoms with Crippen LogP contribution in [-0.2, 0) is 0 Å². The van der Waals surface area contributed by atoms with E-state index in [1.165, 1.54) is 6.20 Å². The SMILES string of the molecule is FC(F)(F)C1CCN(c2nc(Cl)nc3nc(Cl)cnc23)CC1. The van der Waals surface area contributed by atoms with Crippen LogP contribution in [0.1, 0.15) is 12.8 Å². The fourth-order valence-corrected chi connectivity index (χ4v) is 2.78. The van der Waals surface area contributed by atoms with Crippen LogP contribution >= 0.6 is 23.2 Å². The van der Waals surface area contributed by atoms with Crippen molar-refractivity contribution in [2.75, 3.05) is 18.0 Å². The van der Waals surface area contributed by atoms with Gasteiger partial charge in [-0.1, -0.05) is 11.6 Å². The molecule has 0 atom stereocenters. The smallest absolute Gasteiger partial charge is 0.355 e. The van der Waals surface area contributed by atoms with Gasteiger partial charge in [-0.3, -0.25) is 0 Å². The Hall–Kier alpha value is -1.41. The number of anilines is 1. The molecule has 0 saturated carbocycles. The first-order chi connectivity index (χ1) is 10.3. The third-order valence-corrected chi connectivity index (χ3v) is 3.94. The first-order valence-corrected chi connectivity index (χ1v) is 7.27. The molecule has 22 heavy (non-hydrogen) atoms. The highest BCUT2D eigenvalue weighted by Gasteiger charge is 2.41. The summed E-state index contributed by atoms with van der Waals surface area (Å²) in [6, 6.07) is 0. The molecule has 0 radical (unpaired) electrons. The second kappa shape index (κ2) is 5.66. The van der Waals surface area contributed by atoms with Crippen molar-refractivity contribution >= 4 is 40.2 Å². The average Bonchev–Trinajstić information content (AvgIpc) is 2.45. The van der Waals surface area contributed by atoms with E-state index in [-0.39, 0.29) is 42.0 Å². The number of hydrogen-bond acceptors (Lipinski definition) is 5. The maximum Gasteiger partial charge on any atom is 0.391 e. The molecule has 0 bridgehead atoms. The van der Waals surface area contributed by atoms with Crippen LogP contribution in [0.25, 0.3) is 11.2 Å². The van der Waals surface area contributed by atoms with Crippen molar-refractivity contribution in [1.82, 2.24) is 19.9 Å². The summed E-state index contributed by atoms with van der Waals surface area (Å²) in [5.74, 6) is -0.896. The molecule has 1 aliphatic rings. The molecule has 1 saturated heterocycles. The minimum atomic E-state index is -4.16. The van der Waals surface area contributed by atoms with Gasteiger partial charge in [0.2, 0.25) is 5.28 Å². The van der Waals surface area contributed by atoms with Crippen molar-refractivity contribution in [3.05, 3.63) is 16.6 Å². The Morgan fingerprint density at radius 3 is 2.41 bits per heavy atom. The van der Waals surface area contributed by atoms with Crippen LogP contribution in [-0.4, -0.2) is 39.2 Å². The second-order valence-corrected chi connectivity index (χ2v) is 5.71. The van der Waals surface area contributed by atoms with Crippen molar-refractivity contribution in [2.45, 2.75) is 19.0 Å². The largest absolute Gasteiger partial charge is 0.391 e. The minimum Gasteiger partial charge on any atom is -0.355 e. The number of alkyl halides is 3. The van der Waals surface area contributed by atoms with Crippen molar-refractivity contribution in [1.29, 1.82) is 0 Å². The molecule has 2 aromatic rings. The summed E-state index contributed by atoms with van der Waals surface area (Å²) in [6.45, 7) is 0.438. The molecule has 3 heterocycles. The number of rotatable bonds is 1. The Labute approximate surface area is 133 Å². The molecular formula is C12H10Cl2F3N5. The molecule has 0 aromatic carbocycles. The summed E-state index contributed by atoms with van der Waals surface area (Å²) in [6.07, 6.45) is -2.81. The van der Waals surface area contributed by atoms with E-state index in [1.54, 1.807) is 4.90 Å². The lowest BCUT2D eigenvalue weighted by molar-refractivity contribution is -0.179. The average molecular weight is 352 g/mol. The number of aromatic nitrogens is 4. The lowest BCUT2D eigenvalue weighted by atomic mass is 9.96. The molecule has 0 aliphatic carbocycles. The summed E-state index contributed by atoms with van der Waals surface area (Å²) < 4.78 is 38.2. The van der Waals surface area contributed by atoms with Gasteiger partial charge in [-0.15, -0.1) is 0 Å². The van der Waals surface area contributed by atoms with Crippen molar-refractivity contribution < 1.29 is 13.2 Å². The third kappa shape index (κ3) is 3.03. The number of nitrogens with zero attached hydrogens (tertiary/aromatic N) is 5. The van der Waals surface area contributed by atoms with Crippen LogP contribution in [0.15, 0.2) is 6.20 Å². The molecule has 0 unspecified atom stereocenters. The summed E-state index contributed by atoms with van der Waals surface area (Å²) in [4.78, 5) is 17.9. The molecule has 3 rings (SSSR count). The lowest BCUT2D eigenvalue weighted by Gasteiger charge is -2.33. The number of hydrogen-bond donors (Lipinski definition) is 0. The number of halogens is 5. The minimum absolute atomic E-state index is 0.00757. The van der Waals surface area contributed by atoms with Gasteiger partial charge in [0.05, 0.1) is 12.1 Å². The highest BCUT2D eigenvalue weighted by atomic mass is 35.5. The Bertz CT molecular complexity index is 696. The molecule has 118 valence electrons. The highest BCUT2D eigenvalue weighted by Crippen LogP contribution is 2.36. The zero-order chi connectivity index (χ0) is 15.9. The second-order valence-electron chi connectivity index (χ2n) is 4.98. The fourth-order valence-electron chi connectivity index (χ4n) is 2.49. The van der Waals surface area contributed by atoms with Gasteiger partial charge in [0.15, 0.2) is 17.0 Å². The molecule has 2 aromatic heterocycles. The van der Waals surface area contributed by atoms with Gasteiger partial charge in [-0.2, -0.15) is 23.1 Å². The van der Waals surface area contributed by atoms with E-state index in [9.17, 15) is 13.2 Å². The molecule has 10 heteroatoms. The van der Waals surface area contributed by atoms with Crippen molar-refractivity contribution in [3.63, 3.8) is 0 Å². The van der Waals surface area contributed by atoms with E-state index in [2.05, 4.69) is 19.9 Å². The Balaban J connectivity index is 1.91. The van der Waals surface area contributed by atoms with Crippen molar-refractivity contribution in [2.24, 2.45) is 5.92 Å². The van der Waals surface area contributed by atoms with E-state index in [0.29, 0.717) is 11.3 Å². The van der Waals surface area contributed by atoms with Crippen LogP contribution in [0.2, 0.25) is 10.4 Å². The van der Waals surface area contributed by atoms with Gasteiger partial charge >= 0.3 is 6.18 Å². The number of piperidine rings is 1. The van der Waals surface area contributed by atoms with Crippen LogP contribution in [0, 0.1) is 5.92 Å². The monoisotopic (exact) mass is 351 g/mol. The molecule has 1 aliphatic heterocycles. The third-order valence-electron chi connectivity index (χ3n) is 3.59. The predicted octanol–water partition coefficient (Wildman–Crippen LogP) is 3.51. The summed E-state index contributed by atoms with van der Waals surface area (Å²) in [5.41, 5.74) is 0.597. The van der Waals surface area contributed by atoms with Gasteiger partial charge in [0.1, 0.15) is 5.15 Å². The highest BCUT2D eigenvalue weighted by molar-refractivity contribution is 6.30. The predicted molar refractivity (Wildman–Crippen MR) is 76.1 cm³/mol. The maximum absolute atomic E-state index is 12.7. The van der Waals surface area contributed by atoms with Gasteiger partial charge in [0, 0.05) is 13.1 Å². The molecule has 0 spiro atoms. The maximum atomic E-state index is 12.7. The summed E-state index contributed by atoms with van der Waals surface area (Å²) >= 11 is 11.6. The van der Waals surface area contributed by atoms with Crippen LogP contribution in [0.4, 0.5) is 19.0 Å². The van der Waals surface area contributed by atoms with Crippen LogP contribution in [0.5, 0.6) is 0 Å². The molecule has 0 N–H and O–H groups in total. The fraction of sp³-hybridized carbons (Fsp3) is 0.500. The molecule has 1 fully saturated rings. The Morgan fingerprint density at radius 2 is 1.77 bits per heavy atom. The van der Waals surface area contributed by atoms with Crippen molar-refractivity contribution in [3.8, 4) is 0 Å². The van der Waals surface area contributed by atoms with Gasteiger partial charge < -0.3 is 4.90 Å².